The predicted molar refractivity (Wildman–Crippen MR) is 60.6 cm³/mol. The van der Waals surface area contributed by atoms with Crippen molar-refractivity contribution in [1.29, 1.82) is 0 Å². The number of nitrogen functional groups attached to an aromatic ring is 1. The molecule has 2 N–H and O–H groups in total. The van der Waals surface area contributed by atoms with Gasteiger partial charge in [-0.15, -0.1) is 0 Å². The van der Waals surface area contributed by atoms with Crippen LogP contribution in [0.25, 0.3) is 0 Å². The number of hydrogen-bond donors (Lipinski definition) is 1. The van der Waals surface area contributed by atoms with Crippen molar-refractivity contribution in [2.45, 2.75) is 39.7 Å². The Morgan fingerprint density at radius 2 is 1.93 bits per heavy atom. The molecule has 0 heterocycles. The van der Waals surface area contributed by atoms with E-state index in [2.05, 4.69) is 13.8 Å². The van der Waals surface area contributed by atoms with Gasteiger partial charge in [0, 0.05) is 5.69 Å². The minimum Gasteiger partial charge on any atom is -0.490 e. The number of anilines is 1. The molecular weight excluding hydrogens is 174 g/mol. The van der Waals surface area contributed by atoms with E-state index in [1.165, 1.54) is 0 Å². The molecule has 0 aliphatic heterocycles. The molecule has 1 aromatic rings. The van der Waals surface area contributed by atoms with E-state index < -0.39 is 0 Å². The molecule has 0 aliphatic carbocycles. The highest BCUT2D eigenvalue weighted by Crippen LogP contribution is 2.22. The smallest absolute Gasteiger partial charge is 0.122 e. The first-order valence-electron chi connectivity index (χ1n) is 5.20. The fraction of sp³-hybridized carbons (Fsp3) is 0.500. The average molecular weight is 193 g/mol. The van der Waals surface area contributed by atoms with Gasteiger partial charge in [-0.05, 0) is 43.5 Å². The van der Waals surface area contributed by atoms with Crippen LogP contribution in [0, 0.1) is 6.92 Å². The molecule has 2 nitrogen and oxygen atoms in total. The molecule has 0 saturated carbocycles. The molecular formula is C12H19NO. The molecule has 0 atom stereocenters. The van der Waals surface area contributed by atoms with E-state index in [4.69, 9.17) is 10.5 Å². The van der Waals surface area contributed by atoms with Crippen molar-refractivity contribution in [3.8, 4) is 5.75 Å². The molecule has 78 valence electrons. The Morgan fingerprint density at radius 3 is 2.43 bits per heavy atom. The molecule has 0 radical (unpaired) electrons. The summed E-state index contributed by atoms with van der Waals surface area (Å²) in [6.07, 6.45) is 2.40. The summed E-state index contributed by atoms with van der Waals surface area (Å²) < 4.78 is 5.84. The van der Waals surface area contributed by atoms with Gasteiger partial charge in [0.25, 0.3) is 0 Å². The summed E-state index contributed by atoms with van der Waals surface area (Å²) in [6.45, 7) is 6.30. The summed E-state index contributed by atoms with van der Waals surface area (Å²) in [6, 6.07) is 5.77. The minimum atomic E-state index is 0.317. The molecule has 0 aliphatic rings. The van der Waals surface area contributed by atoms with Crippen LogP contribution in [0.3, 0.4) is 0 Å². The zero-order chi connectivity index (χ0) is 10.6. The molecule has 0 amide bonds. The quantitative estimate of drug-likeness (QED) is 0.745. The summed E-state index contributed by atoms with van der Waals surface area (Å²) in [5.41, 5.74) is 7.57. The second-order valence-corrected chi connectivity index (χ2v) is 3.58. The van der Waals surface area contributed by atoms with Crippen LogP contribution in [-0.2, 0) is 0 Å². The molecule has 14 heavy (non-hydrogen) atoms. The third-order valence-electron chi connectivity index (χ3n) is 2.40. The Balaban J connectivity index is 2.76. The van der Waals surface area contributed by atoms with Crippen molar-refractivity contribution in [3.05, 3.63) is 23.8 Å². The number of ether oxygens (including phenoxy) is 1. The predicted octanol–water partition coefficient (Wildman–Crippen LogP) is 3.14. The Morgan fingerprint density at radius 1 is 1.29 bits per heavy atom. The normalized spacial score (nSPS) is 10.6. The van der Waals surface area contributed by atoms with Gasteiger partial charge in [0.1, 0.15) is 5.75 Å². The standard InChI is InChI=1S/C12H19NO/c1-4-11(5-2)14-12-7-6-10(13)8-9(12)3/h6-8,11H,4-5,13H2,1-3H3. The van der Waals surface area contributed by atoms with Crippen LogP contribution in [0.2, 0.25) is 0 Å². The topological polar surface area (TPSA) is 35.2 Å². The van der Waals surface area contributed by atoms with E-state index in [-0.39, 0.29) is 0 Å². The van der Waals surface area contributed by atoms with E-state index in [0.717, 1.165) is 29.8 Å². The molecule has 0 bridgehead atoms. The van der Waals surface area contributed by atoms with Crippen LogP contribution >= 0.6 is 0 Å². The Labute approximate surface area is 86.1 Å². The van der Waals surface area contributed by atoms with Gasteiger partial charge in [0.05, 0.1) is 6.10 Å². The van der Waals surface area contributed by atoms with E-state index >= 15 is 0 Å². The summed E-state index contributed by atoms with van der Waals surface area (Å²) in [7, 11) is 0. The van der Waals surface area contributed by atoms with Crippen molar-refractivity contribution in [2.75, 3.05) is 5.73 Å². The number of benzene rings is 1. The maximum Gasteiger partial charge on any atom is 0.122 e. The lowest BCUT2D eigenvalue weighted by Gasteiger charge is -2.17. The lowest BCUT2D eigenvalue weighted by molar-refractivity contribution is 0.191. The number of aryl methyl sites for hydroxylation is 1. The Bertz CT molecular complexity index is 292. The summed E-state index contributed by atoms with van der Waals surface area (Å²) in [4.78, 5) is 0. The van der Waals surface area contributed by atoms with Crippen molar-refractivity contribution >= 4 is 5.69 Å². The molecule has 0 aromatic heterocycles. The minimum absolute atomic E-state index is 0.317. The highest BCUT2D eigenvalue weighted by atomic mass is 16.5. The molecule has 0 saturated heterocycles. The van der Waals surface area contributed by atoms with E-state index in [9.17, 15) is 0 Å². The van der Waals surface area contributed by atoms with Crippen LogP contribution in [0.4, 0.5) is 5.69 Å². The zero-order valence-corrected chi connectivity index (χ0v) is 9.21. The highest BCUT2D eigenvalue weighted by Gasteiger charge is 2.06. The van der Waals surface area contributed by atoms with Crippen LogP contribution in [0.1, 0.15) is 32.3 Å². The number of hydrogen-bond acceptors (Lipinski definition) is 2. The monoisotopic (exact) mass is 193 g/mol. The summed E-state index contributed by atoms with van der Waals surface area (Å²) in [5.74, 6) is 0.952. The maximum atomic E-state index is 5.84. The fourth-order valence-electron chi connectivity index (χ4n) is 1.44. The third kappa shape index (κ3) is 2.66. The van der Waals surface area contributed by atoms with Crippen LogP contribution in [0.5, 0.6) is 5.75 Å². The van der Waals surface area contributed by atoms with Gasteiger partial charge in [-0.3, -0.25) is 0 Å². The number of nitrogens with two attached hydrogens (primary N) is 1. The second kappa shape index (κ2) is 4.89. The van der Waals surface area contributed by atoms with Crippen molar-refractivity contribution in [3.63, 3.8) is 0 Å². The van der Waals surface area contributed by atoms with Crippen LogP contribution in [0.15, 0.2) is 18.2 Å². The zero-order valence-electron chi connectivity index (χ0n) is 9.21. The van der Waals surface area contributed by atoms with Crippen LogP contribution < -0.4 is 10.5 Å². The molecule has 1 rings (SSSR count). The van der Waals surface area contributed by atoms with E-state index in [1.54, 1.807) is 0 Å². The van der Waals surface area contributed by atoms with Gasteiger partial charge in [-0.25, -0.2) is 0 Å². The third-order valence-corrected chi connectivity index (χ3v) is 2.40. The first-order chi connectivity index (χ1) is 6.67. The van der Waals surface area contributed by atoms with Crippen molar-refractivity contribution in [1.82, 2.24) is 0 Å². The first kappa shape index (κ1) is 10.9. The Kier molecular flexibility index (Phi) is 3.81. The molecule has 0 fully saturated rings. The summed E-state index contributed by atoms with van der Waals surface area (Å²) in [5, 5.41) is 0. The lowest BCUT2D eigenvalue weighted by Crippen LogP contribution is -2.14. The van der Waals surface area contributed by atoms with Gasteiger partial charge >= 0.3 is 0 Å². The molecule has 2 heteroatoms. The van der Waals surface area contributed by atoms with Gasteiger partial charge in [-0.2, -0.15) is 0 Å². The second-order valence-electron chi connectivity index (χ2n) is 3.58. The summed E-state index contributed by atoms with van der Waals surface area (Å²) >= 11 is 0. The maximum absolute atomic E-state index is 5.84. The largest absolute Gasteiger partial charge is 0.490 e. The molecule has 1 aromatic carbocycles. The van der Waals surface area contributed by atoms with Gasteiger partial charge in [-0.1, -0.05) is 13.8 Å². The molecule has 0 unspecified atom stereocenters. The highest BCUT2D eigenvalue weighted by molar-refractivity contribution is 5.47. The van der Waals surface area contributed by atoms with Crippen molar-refractivity contribution in [2.24, 2.45) is 0 Å². The van der Waals surface area contributed by atoms with Crippen LogP contribution in [-0.4, -0.2) is 6.10 Å². The number of rotatable bonds is 4. The fourth-order valence-corrected chi connectivity index (χ4v) is 1.44. The lowest BCUT2D eigenvalue weighted by atomic mass is 10.2. The first-order valence-corrected chi connectivity index (χ1v) is 5.20. The SMILES string of the molecule is CCC(CC)Oc1ccc(N)cc1C. The molecule has 0 spiro atoms. The van der Waals surface area contributed by atoms with Gasteiger partial charge in [0.15, 0.2) is 0 Å². The Hall–Kier alpha value is -1.18. The van der Waals surface area contributed by atoms with Gasteiger partial charge < -0.3 is 10.5 Å². The average Bonchev–Trinajstić information content (AvgIpc) is 2.17. The van der Waals surface area contributed by atoms with Gasteiger partial charge in [0.2, 0.25) is 0 Å². The van der Waals surface area contributed by atoms with E-state index in [0.29, 0.717) is 6.10 Å². The van der Waals surface area contributed by atoms with Crippen molar-refractivity contribution < 1.29 is 4.74 Å². The van der Waals surface area contributed by atoms with E-state index in [1.807, 2.05) is 25.1 Å².